The highest BCUT2D eigenvalue weighted by Crippen LogP contribution is 2.45. The number of unbranched alkanes of at least 4 members (excludes halogenated alkanes) is 41. The van der Waals surface area contributed by atoms with E-state index in [0.717, 1.165) is 141 Å². The van der Waals surface area contributed by atoms with Crippen LogP contribution < -0.4 is 0 Å². The maximum absolute atomic E-state index is 13.1. The minimum Gasteiger partial charge on any atom is -0.462 e. The van der Waals surface area contributed by atoms with E-state index < -0.39 is 97.5 Å². The average Bonchev–Trinajstić information content (AvgIpc) is 2.45. The van der Waals surface area contributed by atoms with E-state index in [4.69, 9.17) is 37.0 Å². The molecule has 0 radical (unpaired) electrons. The zero-order valence-corrected chi connectivity index (χ0v) is 61.9. The molecule has 0 bridgehead atoms. The number of allylic oxidation sites excluding steroid dienone is 6. The van der Waals surface area contributed by atoms with Gasteiger partial charge < -0.3 is 33.8 Å². The molecule has 19 heteroatoms. The number of carbonyl (C=O) groups is 4. The van der Waals surface area contributed by atoms with Gasteiger partial charge in [-0.15, -0.1) is 0 Å². The number of phosphoric ester groups is 2. The van der Waals surface area contributed by atoms with Gasteiger partial charge in [-0.3, -0.25) is 37.3 Å². The van der Waals surface area contributed by atoms with Gasteiger partial charge in [-0.05, 0) is 103 Å². The lowest BCUT2D eigenvalue weighted by Crippen LogP contribution is -2.30. The SMILES string of the molecule is CCCCCC/C=C\CCCCCCCC(=O)OC[C@H](COP(=O)(O)OC[C@H](O)COP(=O)(O)OC[C@@H](COC(=O)CCCCCCC/C=C\CCCCCCCC)OC(=O)CCCCCCC/C=C\CCCCCC)OC(=O)CCCCCCCCCCCCCCC. The van der Waals surface area contributed by atoms with Crippen LogP contribution in [-0.2, 0) is 65.4 Å². The Hall–Kier alpha value is -2.72. The van der Waals surface area contributed by atoms with Gasteiger partial charge in [0, 0.05) is 25.7 Å². The van der Waals surface area contributed by atoms with E-state index in [0.29, 0.717) is 25.7 Å². The van der Waals surface area contributed by atoms with Crippen LogP contribution in [0.5, 0.6) is 0 Å². The summed E-state index contributed by atoms with van der Waals surface area (Å²) in [6.07, 6.45) is 62.7. The molecule has 0 aromatic carbocycles. The Labute approximate surface area is 573 Å². The van der Waals surface area contributed by atoms with Crippen LogP contribution in [0.15, 0.2) is 36.5 Å². The zero-order chi connectivity index (χ0) is 69.0. The van der Waals surface area contributed by atoms with E-state index in [1.807, 2.05) is 0 Å². The van der Waals surface area contributed by atoms with Gasteiger partial charge in [0.25, 0.3) is 0 Å². The van der Waals surface area contributed by atoms with Gasteiger partial charge in [0.2, 0.25) is 0 Å². The summed E-state index contributed by atoms with van der Waals surface area (Å²) in [6, 6.07) is 0. The first-order valence-electron chi connectivity index (χ1n) is 38.2. The molecule has 552 valence electrons. The van der Waals surface area contributed by atoms with E-state index in [-0.39, 0.29) is 25.7 Å². The van der Waals surface area contributed by atoms with Crippen LogP contribution >= 0.6 is 15.6 Å². The van der Waals surface area contributed by atoms with Crippen molar-refractivity contribution in [3.05, 3.63) is 36.5 Å². The molecule has 0 aliphatic heterocycles. The Balaban J connectivity index is 5.30. The number of aliphatic hydroxyl groups is 1. The molecule has 2 unspecified atom stereocenters. The molecule has 0 aromatic rings. The molecule has 17 nitrogen and oxygen atoms in total. The predicted molar refractivity (Wildman–Crippen MR) is 381 cm³/mol. The first-order chi connectivity index (χ1) is 45.7. The largest absolute Gasteiger partial charge is 0.472 e. The summed E-state index contributed by atoms with van der Waals surface area (Å²) in [5.41, 5.74) is 0. The number of esters is 4. The van der Waals surface area contributed by atoms with Crippen LogP contribution in [0.1, 0.15) is 362 Å². The van der Waals surface area contributed by atoms with Crippen molar-refractivity contribution in [3.63, 3.8) is 0 Å². The van der Waals surface area contributed by atoms with Crippen molar-refractivity contribution in [2.45, 2.75) is 380 Å². The van der Waals surface area contributed by atoms with E-state index in [9.17, 15) is 43.2 Å². The summed E-state index contributed by atoms with van der Waals surface area (Å²) < 4.78 is 68.4. The molecular formula is C75H140O17P2. The van der Waals surface area contributed by atoms with Crippen molar-refractivity contribution < 1.29 is 80.2 Å². The lowest BCUT2D eigenvalue weighted by atomic mass is 10.0. The number of phosphoric acid groups is 2. The Bertz CT molecular complexity index is 1930. The average molecular weight is 1380 g/mol. The summed E-state index contributed by atoms with van der Waals surface area (Å²) in [5.74, 6) is -2.16. The molecular weight excluding hydrogens is 1230 g/mol. The predicted octanol–water partition coefficient (Wildman–Crippen LogP) is 21.6. The van der Waals surface area contributed by atoms with Crippen molar-refractivity contribution >= 4 is 39.5 Å². The van der Waals surface area contributed by atoms with E-state index in [1.165, 1.54) is 141 Å². The number of ether oxygens (including phenoxy) is 4. The minimum absolute atomic E-state index is 0.0892. The molecule has 0 aromatic heterocycles. The van der Waals surface area contributed by atoms with Crippen LogP contribution in [-0.4, -0.2) is 96.7 Å². The Morgan fingerprint density at radius 1 is 0.287 bits per heavy atom. The standard InChI is InChI=1S/C75H140O17P2/c1-5-9-13-17-21-25-29-33-34-38-40-44-48-52-56-60-73(78)86-66-71(92-75(80)62-58-54-50-46-42-37-32-28-24-20-16-12-8-4)68-90-94(83,84)88-64-69(76)63-87-93(81,82)89-67-70(91-74(79)61-57-53-49-45-41-36-31-27-23-19-15-11-7-3)65-85-72(77)59-55-51-47-43-39-35-30-26-22-18-14-10-6-2/h26,28,30,32-34,69-71,76H,5-25,27,29,31,35-68H2,1-4H3,(H,81,82)(H,83,84)/b30-26-,32-28-,34-33-/t69-,70+,71+/m0/s1. The van der Waals surface area contributed by atoms with Crippen molar-refractivity contribution in [3.8, 4) is 0 Å². The highest BCUT2D eigenvalue weighted by atomic mass is 31.2. The van der Waals surface area contributed by atoms with Crippen molar-refractivity contribution in [2.24, 2.45) is 0 Å². The quantitative estimate of drug-likeness (QED) is 0.0169. The molecule has 0 amide bonds. The number of aliphatic hydroxyl groups excluding tert-OH is 1. The van der Waals surface area contributed by atoms with Crippen LogP contribution in [0.25, 0.3) is 0 Å². The second-order valence-corrected chi connectivity index (χ2v) is 28.9. The first-order valence-corrected chi connectivity index (χ1v) is 41.2. The fourth-order valence-electron chi connectivity index (χ4n) is 10.7. The topological polar surface area (TPSA) is 237 Å². The third kappa shape index (κ3) is 67.8. The van der Waals surface area contributed by atoms with Gasteiger partial charge in [0.05, 0.1) is 26.4 Å². The number of hydrogen-bond acceptors (Lipinski definition) is 15. The lowest BCUT2D eigenvalue weighted by Gasteiger charge is -2.21. The van der Waals surface area contributed by atoms with Crippen LogP contribution in [0.2, 0.25) is 0 Å². The maximum atomic E-state index is 13.1. The lowest BCUT2D eigenvalue weighted by molar-refractivity contribution is -0.161. The third-order valence-electron chi connectivity index (χ3n) is 16.6. The summed E-state index contributed by atoms with van der Waals surface area (Å²) in [5, 5.41) is 10.6. The summed E-state index contributed by atoms with van der Waals surface area (Å²) in [7, 11) is -9.93. The fraction of sp³-hybridized carbons (Fsp3) is 0.867. The Kier molecular flexibility index (Phi) is 66.8. The van der Waals surface area contributed by atoms with Gasteiger partial charge >= 0.3 is 39.5 Å². The zero-order valence-electron chi connectivity index (χ0n) is 60.2. The molecule has 0 fully saturated rings. The summed E-state index contributed by atoms with van der Waals surface area (Å²) >= 11 is 0. The van der Waals surface area contributed by atoms with Gasteiger partial charge in [-0.2, -0.15) is 0 Å². The smallest absolute Gasteiger partial charge is 0.462 e. The highest BCUT2D eigenvalue weighted by Gasteiger charge is 2.30. The molecule has 5 atom stereocenters. The van der Waals surface area contributed by atoms with Gasteiger partial charge in [0.15, 0.2) is 12.2 Å². The first kappa shape index (κ1) is 91.3. The van der Waals surface area contributed by atoms with Crippen molar-refractivity contribution in [1.82, 2.24) is 0 Å². The van der Waals surface area contributed by atoms with Gasteiger partial charge in [-0.25, -0.2) is 9.13 Å². The molecule has 0 rings (SSSR count). The second kappa shape index (κ2) is 68.8. The molecule has 0 spiro atoms. The Morgan fingerprint density at radius 2 is 0.489 bits per heavy atom. The van der Waals surface area contributed by atoms with Gasteiger partial charge in [0.1, 0.15) is 19.3 Å². The minimum atomic E-state index is -4.96. The monoisotopic (exact) mass is 1370 g/mol. The maximum Gasteiger partial charge on any atom is 0.472 e. The molecule has 0 aliphatic carbocycles. The van der Waals surface area contributed by atoms with Crippen LogP contribution in [0.4, 0.5) is 0 Å². The van der Waals surface area contributed by atoms with E-state index in [1.54, 1.807) is 0 Å². The third-order valence-corrected chi connectivity index (χ3v) is 18.5. The number of rotatable bonds is 73. The molecule has 0 saturated heterocycles. The summed E-state index contributed by atoms with van der Waals surface area (Å²) in [6.45, 7) is 4.88. The van der Waals surface area contributed by atoms with Crippen molar-refractivity contribution in [1.29, 1.82) is 0 Å². The highest BCUT2D eigenvalue weighted by molar-refractivity contribution is 7.47. The normalized spacial score (nSPS) is 14.2. The molecule has 0 aliphatic rings. The number of hydrogen-bond donors (Lipinski definition) is 3. The molecule has 3 N–H and O–H groups in total. The molecule has 0 saturated carbocycles. The van der Waals surface area contributed by atoms with Crippen molar-refractivity contribution in [2.75, 3.05) is 39.6 Å². The number of carbonyl (C=O) groups excluding carboxylic acids is 4. The van der Waals surface area contributed by atoms with Crippen LogP contribution in [0, 0.1) is 0 Å². The second-order valence-electron chi connectivity index (χ2n) is 25.9. The molecule has 0 heterocycles. The summed E-state index contributed by atoms with van der Waals surface area (Å²) in [4.78, 5) is 72.7. The van der Waals surface area contributed by atoms with Gasteiger partial charge in [-0.1, -0.05) is 270 Å². The Morgan fingerprint density at radius 3 is 0.745 bits per heavy atom. The van der Waals surface area contributed by atoms with E-state index in [2.05, 4.69) is 64.2 Å². The van der Waals surface area contributed by atoms with Crippen LogP contribution in [0.3, 0.4) is 0 Å². The fourth-order valence-corrected chi connectivity index (χ4v) is 12.3. The molecule has 94 heavy (non-hydrogen) atoms. The van der Waals surface area contributed by atoms with E-state index >= 15 is 0 Å².